The molecule has 2 aromatic rings. The normalized spacial score (nSPS) is 14.0. The Hall–Kier alpha value is -2.62. The number of anilines is 1. The highest BCUT2D eigenvalue weighted by Gasteiger charge is 2.14. The summed E-state index contributed by atoms with van der Waals surface area (Å²) in [5.41, 5.74) is 3.04. The van der Waals surface area contributed by atoms with Gasteiger partial charge in [-0.2, -0.15) is 0 Å². The molecule has 0 bridgehead atoms. The number of piperidine rings is 1. The molecule has 0 radical (unpaired) electrons. The number of hydrogen-bond donors (Lipinski definition) is 0. The van der Waals surface area contributed by atoms with Gasteiger partial charge < -0.3 is 9.80 Å². The van der Waals surface area contributed by atoms with Crippen molar-refractivity contribution in [1.82, 2.24) is 4.90 Å². The predicted molar refractivity (Wildman–Crippen MR) is 109 cm³/mol. The fourth-order valence-corrected chi connectivity index (χ4v) is 3.51. The molecule has 1 saturated heterocycles. The molecule has 1 aliphatic heterocycles. The summed E-state index contributed by atoms with van der Waals surface area (Å²) in [7, 11) is 1.80. The molecular weight excluding hydrogens is 336 g/mol. The smallest absolute Gasteiger partial charge is 0.223 e. The summed E-state index contributed by atoms with van der Waals surface area (Å²) < 4.78 is 0. The average molecular weight is 364 g/mol. The molecule has 1 aliphatic rings. The lowest BCUT2D eigenvalue weighted by atomic mass is 10.1. The van der Waals surface area contributed by atoms with Crippen molar-refractivity contribution in [2.75, 3.05) is 25.0 Å². The Balaban J connectivity index is 1.48. The monoisotopic (exact) mass is 364 g/mol. The highest BCUT2D eigenvalue weighted by Crippen LogP contribution is 2.20. The lowest BCUT2D eigenvalue weighted by molar-refractivity contribution is -0.130. The maximum Gasteiger partial charge on any atom is 0.223 e. The van der Waals surface area contributed by atoms with Gasteiger partial charge in [-0.3, -0.25) is 9.59 Å². The average Bonchev–Trinajstić information content (AvgIpc) is 2.73. The minimum atomic E-state index is -0.000567. The van der Waals surface area contributed by atoms with Gasteiger partial charge in [0, 0.05) is 50.8 Å². The highest BCUT2D eigenvalue weighted by molar-refractivity contribution is 5.97. The van der Waals surface area contributed by atoms with Crippen LogP contribution in [0.5, 0.6) is 0 Å². The van der Waals surface area contributed by atoms with Crippen LogP contribution in [0.2, 0.25) is 0 Å². The summed E-state index contributed by atoms with van der Waals surface area (Å²) >= 11 is 0. The van der Waals surface area contributed by atoms with Crippen molar-refractivity contribution in [1.29, 1.82) is 0 Å². The minimum Gasteiger partial charge on any atom is -0.372 e. The summed E-state index contributed by atoms with van der Waals surface area (Å²) in [6.07, 6.45) is 4.35. The Kier molecular flexibility index (Phi) is 6.64. The number of nitrogens with zero attached hydrogens (tertiary/aromatic N) is 2. The third-order valence-electron chi connectivity index (χ3n) is 5.16. The molecule has 0 spiro atoms. The standard InChI is InChI=1S/C23H28N2O2/c1-24(23(27)15-14-22(26)20-8-4-2-5-9-20)18-19-10-12-21(13-11-19)25-16-6-3-7-17-25/h2,4-5,8-13H,3,6-7,14-18H2,1H3. The van der Waals surface area contributed by atoms with Crippen LogP contribution in [0, 0.1) is 0 Å². The van der Waals surface area contributed by atoms with Crippen LogP contribution in [0.1, 0.15) is 48.0 Å². The van der Waals surface area contributed by atoms with Crippen LogP contribution < -0.4 is 4.90 Å². The van der Waals surface area contributed by atoms with E-state index < -0.39 is 0 Å². The second-order valence-corrected chi connectivity index (χ2v) is 7.25. The fourth-order valence-electron chi connectivity index (χ4n) is 3.51. The number of hydrogen-bond acceptors (Lipinski definition) is 3. The lowest BCUT2D eigenvalue weighted by Crippen LogP contribution is -2.29. The van der Waals surface area contributed by atoms with Gasteiger partial charge in [0.15, 0.2) is 5.78 Å². The Morgan fingerprint density at radius 3 is 2.22 bits per heavy atom. The van der Waals surface area contributed by atoms with Gasteiger partial charge in [-0.05, 0) is 37.0 Å². The Labute approximate surface area is 161 Å². The number of Topliss-reactive ketones (excluding diaryl/α,β-unsaturated/α-hetero) is 1. The molecule has 4 heteroatoms. The first-order valence-electron chi connectivity index (χ1n) is 9.79. The van der Waals surface area contributed by atoms with E-state index in [1.807, 2.05) is 18.2 Å². The molecule has 1 heterocycles. The van der Waals surface area contributed by atoms with Crippen LogP contribution in [-0.2, 0) is 11.3 Å². The third-order valence-corrected chi connectivity index (χ3v) is 5.16. The van der Waals surface area contributed by atoms with E-state index in [-0.39, 0.29) is 24.5 Å². The van der Waals surface area contributed by atoms with Crippen molar-refractivity contribution >= 4 is 17.4 Å². The molecule has 2 aromatic carbocycles. The van der Waals surface area contributed by atoms with Crippen molar-refractivity contribution in [2.24, 2.45) is 0 Å². The van der Waals surface area contributed by atoms with Crippen molar-refractivity contribution in [3.63, 3.8) is 0 Å². The Morgan fingerprint density at radius 1 is 0.889 bits per heavy atom. The number of amides is 1. The van der Waals surface area contributed by atoms with Crippen LogP contribution in [0.3, 0.4) is 0 Å². The van der Waals surface area contributed by atoms with Crippen LogP contribution in [0.25, 0.3) is 0 Å². The Morgan fingerprint density at radius 2 is 1.56 bits per heavy atom. The number of rotatable bonds is 7. The molecule has 4 nitrogen and oxygen atoms in total. The number of carbonyl (C=O) groups is 2. The highest BCUT2D eigenvalue weighted by atomic mass is 16.2. The molecule has 142 valence electrons. The van der Waals surface area contributed by atoms with E-state index >= 15 is 0 Å². The lowest BCUT2D eigenvalue weighted by Gasteiger charge is -2.29. The van der Waals surface area contributed by atoms with Gasteiger partial charge >= 0.3 is 0 Å². The number of benzene rings is 2. The molecule has 1 fully saturated rings. The second kappa shape index (κ2) is 9.36. The first kappa shape index (κ1) is 19.2. The van der Waals surface area contributed by atoms with Crippen molar-refractivity contribution < 1.29 is 9.59 Å². The SMILES string of the molecule is CN(Cc1ccc(N2CCCCC2)cc1)C(=O)CCC(=O)c1ccccc1. The van der Waals surface area contributed by atoms with Gasteiger partial charge in [0.25, 0.3) is 0 Å². The first-order valence-corrected chi connectivity index (χ1v) is 9.79. The van der Waals surface area contributed by atoms with E-state index in [0.717, 1.165) is 18.7 Å². The van der Waals surface area contributed by atoms with Gasteiger partial charge in [0.2, 0.25) is 5.91 Å². The molecule has 27 heavy (non-hydrogen) atoms. The van der Waals surface area contributed by atoms with E-state index in [1.165, 1.54) is 24.9 Å². The molecule has 1 amide bonds. The van der Waals surface area contributed by atoms with Gasteiger partial charge in [-0.15, -0.1) is 0 Å². The van der Waals surface area contributed by atoms with Gasteiger partial charge in [0.05, 0.1) is 0 Å². The summed E-state index contributed by atoms with van der Waals surface area (Å²) in [4.78, 5) is 28.6. The molecular formula is C23H28N2O2. The molecule has 0 N–H and O–H groups in total. The summed E-state index contributed by atoms with van der Waals surface area (Å²) in [6.45, 7) is 2.83. The maximum atomic E-state index is 12.4. The zero-order valence-corrected chi connectivity index (χ0v) is 16.1. The van der Waals surface area contributed by atoms with Gasteiger partial charge in [-0.1, -0.05) is 42.5 Å². The van der Waals surface area contributed by atoms with Crippen molar-refractivity contribution in [2.45, 2.75) is 38.6 Å². The zero-order valence-electron chi connectivity index (χ0n) is 16.1. The summed E-state index contributed by atoms with van der Waals surface area (Å²) in [6, 6.07) is 17.7. The van der Waals surface area contributed by atoms with Crippen molar-refractivity contribution in [3.8, 4) is 0 Å². The van der Waals surface area contributed by atoms with E-state index in [1.54, 1.807) is 24.1 Å². The van der Waals surface area contributed by atoms with E-state index in [4.69, 9.17) is 0 Å². The van der Waals surface area contributed by atoms with Crippen LogP contribution in [0.15, 0.2) is 54.6 Å². The molecule has 0 saturated carbocycles. The molecule has 0 atom stereocenters. The maximum absolute atomic E-state index is 12.4. The first-order chi connectivity index (χ1) is 13.1. The third kappa shape index (κ3) is 5.43. The summed E-state index contributed by atoms with van der Waals surface area (Å²) in [5, 5.41) is 0. The quantitative estimate of drug-likeness (QED) is 0.688. The molecule has 0 aromatic heterocycles. The van der Waals surface area contributed by atoms with E-state index in [0.29, 0.717) is 12.1 Å². The minimum absolute atomic E-state index is 0.000567. The topological polar surface area (TPSA) is 40.6 Å². The number of ketones is 1. The number of carbonyl (C=O) groups excluding carboxylic acids is 2. The van der Waals surface area contributed by atoms with Crippen molar-refractivity contribution in [3.05, 3.63) is 65.7 Å². The predicted octanol–water partition coefficient (Wildman–Crippen LogP) is 4.30. The largest absolute Gasteiger partial charge is 0.372 e. The summed E-state index contributed by atoms with van der Waals surface area (Å²) in [5.74, 6) is 0.0163. The van der Waals surface area contributed by atoms with Crippen LogP contribution >= 0.6 is 0 Å². The van der Waals surface area contributed by atoms with E-state index in [2.05, 4.69) is 29.2 Å². The van der Waals surface area contributed by atoms with Gasteiger partial charge in [0.1, 0.15) is 0 Å². The van der Waals surface area contributed by atoms with Crippen LogP contribution in [0.4, 0.5) is 5.69 Å². The molecule has 0 unspecified atom stereocenters. The van der Waals surface area contributed by atoms with Gasteiger partial charge in [-0.25, -0.2) is 0 Å². The second-order valence-electron chi connectivity index (χ2n) is 7.25. The molecule has 3 rings (SSSR count). The van der Waals surface area contributed by atoms with E-state index in [9.17, 15) is 9.59 Å². The fraction of sp³-hybridized carbons (Fsp3) is 0.391. The Bertz CT molecular complexity index is 750. The zero-order chi connectivity index (χ0) is 19.1. The molecule has 0 aliphatic carbocycles. The van der Waals surface area contributed by atoms with Crippen LogP contribution in [-0.4, -0.2) is 36.7 Å².